The largest absolute Gasteiger partial charge is 0.345 e. The second-order valence-electron chi connectivity index (χ2n) is 5.16. The lowest BCUT2D eigenvalue weighted by atomic mass is 10.1. The molecule has 1 amide bonds. The second kappa shape index (κ2) is 4.52. The maximum absolute atomic E-state index is 11.9. The van der Waals surface area contributed by atoms with E-state index in [0.29, 0.717) is 17.7 Å². The predicted octanol–water partition coefficient (Wildman–Crippen LogP) is 1.10. The number of sulfonamides is 1. The van der Waals surface area contributed by atoms with Crippen molar-refractivity contribution in [1.82, 2.24) is 4.90 Å². The Labute approximate surface area is 113 Å². The first kappa shape index (κ1) is 13.9. The molecule has 1 atom stereocenters. The maximum Gasteiger partial charge on any atom is 0.253 e. The lowest BCUT2D eigenvalue weighted by Gasteiger charge is -2.22. The highest BCUT2D eigenvalue weighted by Crippen LogP contribution is 2.34. The van der Waals surface area contributed by atoms with Crippen LogP contribution in [-0.2, 0) is 16.4 Å². The molecule has 0 spiro atoms. The molecule has 0 aliphatic carbocycles. The molecule has 1 aliphatic heterocycles. The van der Waals surface area contributed by atoms with Crippen molar-refractivity contribution in [2.45, 2.75) is 19.4 Å². The van der Waals surface area contributed by atoms with Gasteiger partial charge >= 0.3 is 0 Å². The zero-order valence-corrected chi connectivity index (χ0v) is 12.4. The molecule has 0 saturated carbocycles. The molecule has 0 bridgehead atoms. The first-order valence-electron chi connectivity index (χ1n) is 6.06. The van der Waals surface area contributed by atoms with Crippen molar-refractivity contribution in [2.24, 2.45) is 0 Å². The topological polar surface area (TPSA) is 57.7 Å². The van der Waals surface area contributed by atoms with Crippen LogP contribution >= 0.6 is 0 Å². The minimum Gasteiger partial charge on any atom is -0.345 e. The summed E-state index contributed by atoms with van der Waals surface area (Å²) in [5.41, 5.74) is 2.18. The fraction of sp³-hybridized carbons (Fsp3) is 0.462. The molecule has 1 aliphatic rings. The SMILES string of the molecule is C[C@@H]1Cc2cc(C(=O)N(C)C)ccc2N1S(C)(=O)=O. The molecule has 0 radical (unpaired) electrons. The van der Waals surface area contributed by atoms with Crippen molar-refractivity contribution < 1.29 is 13.2 Å². The van der Waals surface area contributed by atoms with Gasteiger partial charge in [0, 0.05) is 25.7 Å². The van der Waals surface area contributed by atoms with Gasteiger partial charge in [-0.2, -0.15) is 0 Å². The second-order valence-corrected chi connectivity index (χ2v) is 7.01. The Morgan fingerprint density at radius 1 is 1.37 bits per heavy atom. The monoisotopic (exact) mass is 282 g/mol. The number of anilines is 1. The summed E-state index contributed by atoms with van der Waals surface area (Å²) in [7, 11) is 0.114. The number of hydrogen-bond donors (Lipinski definition) is 0. The normalized spacial score (nSPS) is 18.3. The molecular formula is C13H18N2O3S. The summed E-state index contributed by atoms with van der Waals surface area (Å²) in [5.74, 6) is -0.0757. The zero-order valence-electron chi connectivity index (χ0n) is 11.5. The number of fused-ring (bicyclic) bond motifs is 1. The number of carbonyl (C=O) groups is 1. The van der Waals surface area contributed by atoms with Gasteiger partial charge in [0.1, 0.15) is 0 Å². The molecule has 1 aromatic carbocycles. The third kappa shape index (κ3) is 2.45. The fourth-order valence-electron chi connectivity index (χ4n) is 2.50. The highest BCUT2D eigenvalue weighted by molar-refractivity contribution is 7.92. The van der Waals surface area contributed by atoms with Crippen LogP contribution in [0.25, 0.3) is 0 Å². The number of amides is 1. The quantitative estimate of drug-likeness (QED) is 0.816. The maximum atomic E-state index is 11.9. The van der Waals surface area contributed by atoms with E-state index in [1.807, 2.05) is 6.92 Å². The highest BCUT2D eigenvalue weighted by Gasteiger charge is 2.32. The van der Waals surface area contributed by atoms with E-state index in [0.717, 1.165) is 5.56 Å². The zero-order chi connectivity index (χ0) is 14.4. The van der Waals surface area contributed by atoms with Crippen molar-refractivity contribution in [3.05, 3.63) is 29.3 Å². The number of hydrogen-bond acceptors (Lipinski definition) is 3. The molecule has 0 saturated heterocycles. The number of benzene rings is 1. The molecule has 6 heteroatoms. The summed E-state index contributed by atoms with van der Waals surface area (Å²) in [6.45, 7) is 1.87. The van der Waals surface area contributed by atoms with E-state index in [9.17, 15) is 13.2 Å². The van der Waals surface area contributed by atoms with Gasteiger partial charge in [0.25, 0.3) is 5.91 Å². The van der Waals surface area contributed by atoms with Crippen LogP contribution in [0.1, 0.15) is 22.8 Å². The van der Waals surface area contributed by atoms with E-state index in [4.69, 9.17) is 0 Å². The van der Waals surface area contributed by atoms with Gasteiger partial charge < -0.3 is 4.90 Å². The molecular weight excluding hydrogens is 264 g/mol. The summed E-state index contributed by atoms with van der Waals surface area (Å²) < 4.78 is 25.0. The number of nitrogens with zero attached hydrogens (tertiary/aromatic N) is 2. The number of carbonyl (C=O) groups excluding carboxylic acids is 1. The van der Waals surface area contributed by atoms with E-state index in [-0.39, 0.29) is 11.9 Å². The Hall–Kier alpha value is -1.56. The lowest BCUT2D eigenvalue weighted by molar-refractivity contribution is 0.0827. The van der Waals surface area contributed by atoms with E-state index in [1.54, 1.807) is 32.3 Å². The van der Waals surface area contributed by atoms with Gasteiger partial charge in [0.15, 0.2) is 0 Å². The fourth-order valence-corrected chi connectivity index (χ4v) is 3.76. The average molecular weight is 282 g/mol. The summed E-state index contributed by atoms with van der Waals surface area (Å²) in [5, 5.41) is 0. The molecule has 0 fully saturated rings. The molecule has 5 nitrogen and oxygen atoms in total. The van der Waals surface area contributed by atoms with Crippen LogP contribution in [0.15, 0.2) is 18.2 Å². The van der Waals surface area contributed by atoms with Crippen LogP contribution in [-0.4, -0.2) is 45.6 Å². The van der Waals surface area contributed by atoms with Crippen LogP contribution in [0.2, 0.25) is 0 Å². The molecule has 0 unspecified atom stereocenters. The predicted molar refractivity (Wildman–Crippen MR) is 74.9 cm³/mol. The van der Waals surface area contributed by atoms with Gasteiger partial charge in [-0.25, -0.2) is 8.42 Å². The first-order chi connectivity index (χ1) is 8.71. The summed E-state index contributed by atoms with van der Waals surface area (Å²) in [4.78, 5) is 13.4. The average Bonchev–Trinajstić information content (AvgIpc) is 2.61. The molecule has 0 N–H and O–H groups in total. The van der Waals surface area contributed by atoms with Crippen LogP contribution < -0.4 is 4.31 Å². The van der Waals surface area contributed by atoms with Gasteiger partial charge in [0.2, 0.25) is 10.0 Å². The smallest absolute Gasteiger partial charge is 0.253 e. The first-order valence-corrected chi connectivity index (χ1v) is 7.90. The minimum absolute atomic E-state index is 0.0757. The van der Waals surface area contributed by atoms with Crippen LogP contribution in [0, 0.1) is 0 Å². The Balaban J connectivity index is 2.46. The van der Waals surface area contributed by atoms with Gasteiger partial charge in [-0.05, 0) is 37.1 Å². The van der Waals surface area contributed by atoms with Gasteiger partial charge in [-0.15, -0.1) is 0 Å². The van der Waals surface area contributed by atoms with Crippen molar-refractivity contribution in [3.8, 4) is 0 Å². The van der Waals surface area contributed by atoms with E-state index >= 15 is 0 Å². The number of rotatable bonds is 2. The van der Waals surface area contributed by atoms with Crippen LogP contribution in [0.5, 0.6) is 0 Å². The van der Waals surface area contributed by atoms with Crippen molar-refractivity contribution in [2.75, 3.05) is 24.7 Å². The molecule has 2 rings (SSSR count). The molecule has 1 heterocycles. The van der Waals surface area contributed by atoms with E-state index < -0.39 is 10.0 Å². The standard InChI is InChI=1S/C13H18N2O3S/c1-9-7-11-8-10(13(16)14(2)3)5-6-12(11)15(9)19(4,17)18/h5-6,8-9H,7H2,1-4H3/t9-/m1/s1. The highest BCUT2D eigenvalue weighted by atomic mass is 32.2. The molecule has 19 heavy (non-hydrogen) atoms. The molecule has 0 aromatic heterocycles. The van der Waals surface area contributed by atoms with Gasteiger partial charge in [-0.1, -0.05) is 0 Å². The third-order valence-corrected chi connectivity index (χ3v) is 4.51. The van der Waals surface area contributed by atoms with Crippen molar-refractivity contribution in [3.63, 3.8) is 0 Å². The Morgan fingerprint density at radius 3 is 2.53 bits per heavy atom. The van der Waals surface area contributed by atoms with Gasteiger partial charge in [-0.3, -0.25) is 9.10 Å². The lowest BCUT2D eigenvalue weighted by Crippen LogP contribution is -2.34. The van der Waals surface area contributed by atoms with Gasteiger partial charge in [0.05, 0.1) is 11.9 Å². The summed E-state index contributed by atoms with van der Waals surface area (Å²) in [6.07, 6.45) is 1.84. The third-order valence-electron chi connectivity index (χ3n) is 3.24. The van der Waals surface area contributed by atoms with E-state index in [1.165, 1.54) is 15.5 Å². The molecule has 1 aromatic rings. The Kier molecular flexibility index (Phi) is 3.30. The van der Waals surface area contributed by atoms with Crippen molar-refractivity contribution >= 4 is 21.6 Å². The van der Waals surface area contributed by atoms with Crippen molar-refractivity contribution in [1.29, 1.82) is 0 Å². The Bertz CT molecular complexity index is 623. The Morgan fingerprint density at radius 2 is 2.00 bits per heavy atom. The summed E-state index contributed by atoms with van der Waals surface area (Å²) >= 11 is 0. The van der Waals surface area contributed by atoms with Crippen LogP contribution in [0.3, 0.4) is 0 Å². The summed E-state index contributed by atoms with van der Waals surface area (Å²) in [6, 6.07) is 5.09. The molecule has 104 valence electrons. The van der Waals surface area contributed by atoms with E-state index in [2.05, 4.69) is 0 Å². The van der Waals surface area contributed by atoms with Crippen LogP contribution in [0.4, 0.5) is 5.69 Å². The minimum atomic E-state index is -3.28.